The third kappa shape index (κ3) is 4.64. The topological polar surface area (TPSA) is 50.4 Å². The molecule has 98 valence electrons. The molecule has 2 aliphatic rings. The number of piperidine rings is 1. The first kappa shape index (κ1) is 12.8. The number of amides is 1. The summed E-state index contributed by atoms with van der Waals surface area (Å²) in [5.41, 5.74) is 0. The number of nitrogens with one attached hydrogen (secondary N) is 2. The zero-order valence-corrected chi connectivity index (χ0v) is 10.5. The van der Waals surface area contributed by atoms with Crippen molar-refractivity contribution in [2.75, 3.05) is 26.2 Å². The number of carbonyl (C=O) groups excluding carboxylic acids is 1. The summed E-state index contributed by atoms with van der Waals surface area (Å²) in [6.07, 6.45) is 7.06. The van der Waals surface area contributed by atoms with Gasteiger partial charge in [-0.1, -0.05) is 6.42 Å². The molecule has 2 fully saturated rings. The van der Waals surface area contributed by atoms with Gasteiger partial charge in [0.25, 0.3) is 0 Å². The van der Waals surface area contributed by atoms with Gasteiger partial charge >= 0.3 is 0 Å². The monoisotopic (exact) mass is 240 g/mol. The van der Waals surface area contributed by atoms with Gasteiger partial charge in [-0.3, -0.25) is 4.79 Å². The molecule has 0 unspecified atom stereocenters. The van der Waals surface area contributed by atoms with E-state index in [4.69, 9.17) is 4.74 Å². The molecule has 0 atom stereocenters. The molecule has 17 heavy (non-hydrogen) atoms. The van der Waals surface area contributed by atoms with Crippen LogP contribution in [0.4, 0.5) is 0 Å². The highest BCUT2D eigenvalue weighted by atomic mass is 16.5. The summed E-state index contributed by atoms with van der Waals surface area (Å²) >= 11 is 0. The lowest BCUT2D eigenvalue weighted by molar-refractivity contribution is -0.123. The maximum absolute atomic E-state index is 11.5. The summed E-state index contributed by atoms with van der Waals surface area (Å²) in [7, 11) is 0. The molecule has 1 saturated carbocycles. The van der Waals surface area contributed by atoms with Crippen LogP contribution in [0.25, 0.3) is 0 Å². The number of carbonyl (C=O) groups is 1. The minimum Gasteiger partial charge on any atom is -0.376 e. The van der Waals surface area contributed by atoms with Crippen LogP contribution in [0.15, 0.2) is 0 Å². The Morgan fingerprint density at radius 2 is 2.00 bits per heavy atom. The maximum Gasteiger partial charge on any atom is 0.220 e. The van der Waals surface area contributed by atoms with Crippen LogP contribution in [0.2, 0.25) is 0 Å². The van der Waals surface area contributed by atoms with Gasteiger partial charge in [0, 0.05) is 13.0 Å². The van der Waals surface area contributed by atoms with Crippen LogP contribution in [0.5, 0.6) is 0 Å². The SMILES string of the molecule is O=C(CC1CCC1)NCCOC1CCNCC1. The number of ether oxygens (including phenoxy) is 1. The molecular weight excluding hydrogens is 216 g/mol. The number of hydrogen-bond donors (Lipinski definition) is 2. The second-order valence-corrected chi connectivity index (χ2v) is 5.17. The minimum atomic E-state index is 0.198. The standard InChI is InChI=1S/C13H24N2O2/c16-13(10-11-2-1-3-11)15-8-9-17-12-4-6-14-7-5-12/h11-12,14H,1-10H2,(H,15,16). The quantitative estimate of drug-likeness (QED) is 0.683. The summed E-state index contributed by atoms with van der Waals surface area (Å²) in [4.78, 5) is 11.5. The summed E-state index contributed by atoms with van der Waals surface area (Å²) in [5, 5.41) is 6.25. The first-order valence-corrected chi connectivity index (χ1v) is 6.93. The van der Waals surface area contributed by atoms with E-state index in [1.54, 1.807) is 0 Å². The maximum atomic E-state index is 11.5. The molecule has 1 saturated heterocycles. The van der Waals surface area contributed by atoms with Crippen molar-refractivity contribution >= 4 is 5.91 Å². The van der Waals surface area contributed by atoms with E-state index in [1.165, 1.54) is 19.3 Å². The zero-order chi connectivity index (χ0) is 11.9. The summed E-state index contributed by atoms with van der Waals surface area (Å²) < 4.78 is 5.72. The summed E-state index contributed by atoms with van der Waals surface area (Å²) in [6, 6.07) is 0. The van der Waals surface area contributed by atoms with Crippen molar-refractivity contribution in [2.24, 2.45) is 5.92 Å². The van der Waals surface area contributed by atoms with Crippen LogP contribution in [0.1, 0.15) is 38.5 Å². The molecule has 2 rings (SSSR count). The summed E-state index contributed by atoms with van der Waals surface area (Å²) in [5.74, 6) is 0.851. The Hall–Kier alpha value is -0.610. The predicted octanol–water partition coefficient (Wildman–Crippen LogP) is 1.06. The third-order valence-corrected chi connectivity index (χ3v) is 3.76. The molecule has 0 spiro atoms. The number of rotatable bonds is 6. The van der Waals surface area contributed by atoms with Crippen molar-refractivity contribution in [3.63, 3.8) is 0 Å². The van der Waals surface area contributed by atoms with Gasteiger partial charge in [-0.2, -0.15) is 0 Å². The average Bonchev–Trinajstić information content (AvgIpc) is 2.31. The first-order chi connectivity index (χ1) is 8.34. The smallest absolute Gasteiger partial charge is 0.220 e. The molecule has 0 aromatic carbocycles. The van der Waals surface area contributed by atoms with E-state index in [0.717, 1.165) is 25.9 Å². The van der Waals surface area contributed by atoms with Crippen LogP contribution in [0.3, 0.4) is 0 Å². The van der Waals surface area contributed by atoms with Crippen molar-refractivity contribution in [3.8, 4) is 0 Å². The molecule has 0 aromatic heterocycles. The predicted molar refractivity (Wildman–Crippen MR) is 66.8 cm³/mol. The molecule has 1 amide bonds. The Kier molecular flexibility index (Phi) is 5.26. The molecule has 2 N–H and O–H groups in total. The fraction of sp³-hybridized carbons (Fsp3) is 0.923. The fourth-order valence-corrected chi connectivity index (χ4v) is 2.41. The fourth-order valence-electron chi connectivity index (χ4n) is 2.41. The van der Waals surface area contributed by atoms with Crippen LogP contribution in [-0.4, -0.2) is 38.3 Å². The molecule has 1 heterocycles. The van der Waals surface area contributed by atoms with Crippen LogP contribution < -0.4 is 10.6 Å². The van der Waals surface area contributed by atoms with E-state index in [0.29, 0.717) is 31.6 Å². The third-order valence-electron chi connectivity index (χ3n) is 3.76. The highest BCUT2D eigenvalue weighted by Crippen LogP contribution is 2.28. The Morgan fingerprint density at radius 1 is 1.24 bits per heavy atom. The van der Waals surface area contributed by atoms with Gasteiger partial charge in [-0.05, 0) is 44.7 Å². The van der Waals surface area contributed by atoms with E-state index in [9.17, 15) is 4.79 Å². The Bertz CT molecular complexity index is 236. The van der Waals surface area contributed by atoms with Gasteiger partial charge in [-0.25, -0.2) is 0 Å². The average molecular weight is 240 g/mol. The highest BCUT2D eigenvalue weighted by molar-refractivity contribution is 5.76. The van der Waals surface area contributed by atoms with E-state index >= 15 is 0 Å². The van der Waals surface area contributed by atoms with Gasteiger partial charge in [-0.15, -0.1) is 0 Å². The Labute approximate surface area is 103 Å². The molecule has 4 heteroatoms. The molecule has 4 nitrogen and oxygen atoms in total. The van der Waals surface area contributed by atoms with Crippen molar-refractivity contribution in [2.45, 2.75) is 44.6 Å². The van der Waals surface area contributed by atoms with E-state index in [1.807, 2.05) is 0 Å². The van der Waals surface area contributed by atoms with Gasteiger partial charge in [0.15, 0.2) is 0 Å². The largest absolute Gasteiger partial charge is 0.376 e. The van der Waals surface area contributed by atoms with Crippen molar-refractivity contribution in [3.05, 3.63) is 0 Å². The van der Waals surface area contributed by atoms with Crippen molar-refractivity contribution in [1.29, 1.82) is 0 Å². The Balaban J connectivity index is 1.45. The minimum absolute atomic E-state index is 0.198. The summed E-state index contributed by atoms with van der Waals surface area (Å²) in [6.45, 7) is 3.42. The van der Waals surface area contributed by atoms with Gasteiger partial charge in [0.1, 0.15) is 0 Å². The van der Waals surface area contributed by atoms with Crippen LogP contribution in [-0.2, 0) is 9.53 Å². The highest BCUT2D eigenvalue weighted by Gasteiger charge is 2.20. The van der Waals surface area contributed by atoms with Gasteiger partial charge < -0.3 is 15.4 Å². The van der Waals surface area contributed by atoms with E-state index in [-0.39, 0.29) is 5.91 Å². The normalized spacial score (nSPS) is 22.1. The lowest BCUT2D eigenvalue weighted by atomic mass is 9.83. The van der Waals surface area contributed by atoms with Gasteiger partial charge in [0.05, 0.1) is 12.7 Å². The zero-order valence-electron chi connectivity index (χ0n) is 10.5. The number of hydrogen-bond acceptors (Lipinski definition) is 3. The molecule has 0 bridgehead atoms. The lowest BCUT2D eigenvalue weighted by Gasteiger charge is -2.25. The first-order valence-electron chi connectivity index (χ1n) is 6.93. The van der Waals surface area contributed by atoms with Crippen LogP contribution in [0, 0.1) is 5.92 Å². The van der Waals surface area contributed by atoms with E-state index < -0.39 is 0 Å². The lowest BCUT2D eigenvalue weighted by Crippen LogP contribution is -2.35. The van der Waals surface area contributed by atoms with Gasteiger partial charge in [0.2, 0.25) is 5.91 Å². The van der Waals surface area contributed by atoms with Crippen LogP contribution >= 0.6 is 0 Å². The second kappa shape index (κ2) is 6.97. The second-order valence-electron chi connectivity index (χ2n) is 5.17. The molecule has 1 aliphatic heterocycles. The molecule has 1 aliphatic carbocycles. The molecular formula is C13H24N2O2. The molecule has 0 radical (unpaired) electrons. The Morgan fingerprint density at radius 3 is 2.65 bits per heavy atom. The molecule has 0 aromatic rings. The van der Waals surface area contributed by atoms with Crippen molar-refractivity contribution in [1.82, 2.24) is 10.6 Å². The van der Waals surface area contributed by atoms with E-state index in [2.05, 4.69) is 10.6 Å². The van der Waals surface area contributed by atoms with Crippen molar-refractivity contribution < 1.29 is 9.53 Å².